The Hall–Kier alpha value is -2.83. The molecule has 0 radical (unpaired) electrons. The van der Waals surface area contributed by atoms with Crippen LogP contribution in [0.25, 0.3) is 0 Å². The van der Waals surface area contributed by atoms with Gasteiger partial charge in [0.15, 0.2) is 0 Å². The molecule has 0 aliphatic carbocycles. The molecule has 4 nitrogen and oxygen atoms in total. The number of benzene rings is 2. The van der Waals surface area contributed by atoms with E-state index in [1.54, 1.807) is 12.1 Å². The first kappa shape index (κ1) is 20.5. The lowest BCUT2D eigenvalue weighted by molar-refractivity contribution is -0.137. The van der Waals surface area contributed by atoms with Gasteiger partial charge in [0.2, 0.25) is 11.8 Å². The third-order valence-corrected chi connectivity index (χ3v) is 4.09. The summed E-state index contributed by atoms with van der Waals surface area (Å²) < 4.78 is 38.3. The fourth-order valence-corrected chi connectivity index (χ4v) is 2.61. The molecule has 0 aliphatic rings. The van der Waals surface area contributed by atoms with Crippen LogP contribution in [-0.2, 0) is 28.6 Å². The lowest BCUT2D eigenvalue weighted by atomic mass is 10.1. The van der Waals surface area contributed by atoms with Crippen LogP contribution in [0, 0.1) is 0 Å². The molecule has 2 rings (SSSR count). The molecule has 0 atom stereocenters. The van der Waals surface area contributed by atoms with Crippen LogP contribution < -0.4 is 5.32 Å². The number of nitrogens with one attached hydrogen (secondary N) is 1. The molecule has 0 bridgehead atoms. The van der Waals surface area contributed by atoms with Gasteiger partial charge >= 0.3 is 6.18 Å². The Kier molecular flexibility index (Phi) is 6.60. The van der Waals surface area contributed by atoms with Crippen molar-refractivity contribution in [3.63, 3.8) is 0 Å². The van der Waals surface area contributed by atoms with Crippen molar-refractivity contribution >= 4 is 17.5 Å². The molecule has 2 aromatic carbocycles. The quantitative estimate of drug-likeness (QED) is 0.829. The molecular formula is C20H21F3N2O2. The predicted octanol–water partition coefficient (Wildman–Crippen LogP) is 3.91. The predicted molar refractivity (Wildman–Crippen MR) is 97.2 cm³/mol. The van der Waals surface area contributed by atoms with Crippen molar-refractivity contribution < 1.29 is 22.8 Å². The molecule has 0 aromatic heterocycles. The lowest BCUT2D eigenvalue weighted by Crippen LogP contribution is -2.36. The summed E-state index contributed by atoms with van der Waals surface area (Å²) in [7, 11) is 1.45. The summed E-state index contributed by atoms with van der Waals surface area (Å²) in [5.74, 6) is -0.802. The van der Waals surface area contributed by atoms with Crippen LogP contribution in [0.4, 0.5) is 18.9 Å². The van der Waals surface area contributed by atoms with Crippen molar-refractivity contribution in [2.75, 3.05) is 18.9 Å². The van der Waals surface area contributed by atoms with E-state index in [0.717, 1.165) is 24.1 Å². The van der Waals surface area contributed by atoms with Crippen LogP contribution in [-0.4, -0.2) is 30.3 Å². The van der Waals surface area contributed by atoms with Gasteiger partial charge in [0.25, 0.3) is 0 Å². The minimum atomic E-state index is -4.46. The van der Waals surface area contributed by atoms with Crippen LogP contribution >= 0.6 is 0 Å². The molecule has 7 heteroatoms. The number of rotatable bonds is 6. The van der Waals surface area contributed by atoms with E-state index in [-0.39, 0.29) is 24.4 Å². The van der Waals surface area contributed by atoms with Gasteiger partial charge < -0.3 is 10.2 Å². The number of carbonyl (C=O) groups excluding carboxylic acids is 2. The molecule has 27 heavy (non-hydrogen) atoms. The summed E-state index contributed by atoms with van der Waals surface area (Å²) in [6.45, 7) is 1.78. The maximum Gasteiger partial charge on any atom is 0.416 e. The fraction of sp³-hybridized carbons (Fsp3) is 0.300. The van der Waals surface area contributed by atoms with Gasteiger partial charge in [-0.2, -0.15) is 13.2 Å². The Morgan fingerprint density at radius 2 is 1.78 bits per heavy atom. The van der Waals surface area contributed by atoms with Gasteiger partial charge in [-0.1, -0.05) is 43.3 Å². The second-order valence-electron chi connectivity index (χ2n) is 6.18. The summed E-state index contributed by atoms with van der Waals surface area (Å²) in [5, 5.41) is 2.76. The molecular weight excluding hydrogens is 357 g/mol. The van der Waals surface area contributed by atoms with Crippen LogP contribution in [0.1, 0.15) is 23.6 Å². The topological polar surface area (TPSA) is 49.4 Å². The molecule has 0 heterocycles. The molecule has 0 fully saturated rings. The standard InChI is InChI=1S/C20H21F3N2O2/c1-3-15-8-4-5-10-17(15)24-18(26)13-25(2)19(27)12-14-7-6-9-16(11-14)20(21,22)23/h4-11H,3,12-13H2,1-2H3,(H,24,26). The zero-order chi connectivity index (χ0) is 20.0. The molecule has 144 valence electrons. The van der Waals surface area contributed by atoms with Gasteiger partial charge in [-0.3, -0.25) is 9.59 Å². The number of likely N-dealkylation sites (N-methyl/N-ethyl adjacent to an activating group) is 1. The van der Waals surface area contributed by atoms with Crippen LogP contribution in [0.15, 0.2) is 48.5 Å². The molecule has 1 N–H and O–H groups in total. The van der Waals surface area contributed by atoms with Gasteiger partial charge in [0, 0.05) is 12.7 Å². The summed E-state index contributed by atoms with van der Waals surface area (Å²) in [5.41, 5.74) is 1.11. The van der Waals surface area contributed by atoms with Gasteiger partial charge in [0.05, 0.1) is 18.5 Å². The van der Waals surface area contributed by atoms with Crippen molar-refractivity contribution in [1.82, 2.24) is 4.90 Å². The van der Waals surface area contributed by atoms with E-state index in [1.165, 1.54) is 24.1 Å². The van der Waals surface area contributed by atoms with E-state index < -0.39 is 17.6 Å². The Morgan fingerprint density at radius 3 is 2.44 bits per heavy atom. The lowest BCUT2D eigenvalue weighted by Gasteiger charge is -2.18. The van der Waals surface area contributed by atoms with E-state index in [4.69, 9.17) is 0 Å². The highest BCUT2D eigenvalue weighted by Gasteiger charge is 2.30. The van der Waals surface area contributed by atoms with Crippen molar-refractivity contribution in [2.45, 2.75) is 25.9 Å². The highest BCUT2D eigenvalue weighted by atomic mass is 19.4. The zero-order valence-electron chi connectivity index (χ0n) is 15.1. The molecule has 0 saturated carbocycles. The second kappa shape index (κ2) is 8.70. The first-order valence-electron chi connectivity index (χ1n) is 8.48. The number of aryl methyl sites for hydroxylation is 1. The summed E-state index contributed by atoms with van der Waals surface area (Å²) in [4.78, 5) is 25.6. The van der Waals surface area contributed by atoms with E-state index in [2.05, 4.69) is 5.32 Å². The minimum absolute atomic E-state index is 0.185. The van der Waals surface area contributed by atoms with Crippen LogP contribution in [0.5, 0.6) is 0 Å². The smallest absolute Gasteiger partial charge is 0.336 e. The zero-order valence-corrected chi connectivity index (χ0v) is 15.1. The van der Waals surface area contributed by atoms with E-state index in [9.17, 15) is 22.8 Å². The van der Waals surface area contributed by atoms with Crippen molar-refractivity contribution in [3.05, 3.63) is 65.2 Å². The number of amides is 2. The van der Waals surface area contributed by atoms with E-state index >= 15 is 0 Å². The van der Waals surface area contributed by atoms with Crippen LogP contribution in [0.3, 0.4) is 0 Å². The minimum Gasteiger partial charge on any atom is -0.336 e. The Balaban J connectivity index is 1.96. The SMILES string of the molecule is CCc1ccccc1NC(=O)CN(C)C(=O)Cc1cccc(C(F)(F)F)c1. The number of halogens is 3. The highest BCUT2D eigenvalue weighted by Crippen LogP contribution is 2.29. The highest BCUT2D eigenvalue weighted by molar-refractivity contribution is 5.95. The third-order valence-electron chi connectivity index (χ3n) is 4.09. The number of hydrogen-bond donors (Lipinski definition) is 1. The maximum atomic E-state index is 12.8. The second-order valence-corrected chi connectivity index (χ2v) is 6.18. The van der Waals surface area contributed by atoms with Crippen molar-refractivity contribution in [1.29, 1.82) is 0 Å². The number of para-hydroxylation sites is 1. The first-order chi connectivity index (χ1) is 12.7. The monoisotopic (exact) mass is 378 g/mol. The molecule has 0 aliphatic heterocycles. The van der Waals surface area contributed by atoms with Gasteiger partial charge in [0.1, 0.15) is 0 Å². The Bertz CT molecular complexity index is 819. The number of alkyl halides is 3. The van der Waals surface area contributed by atoms with Gasteiger partial charge in [-0.15, -0.1) is 0 Å². The Morgan fingerprint density at radius 1 is 1.07 bits per heavy atom. The van der Waals surface area contributed by atoms with Crippen molar-refractivity contribution in [2.24, 2.45) is 0 Å². The molecule has 2 aromatic rings. The fourth-order valence-electron chi connectivity index (χ4n) is 2.61. The molecule has 0 unspecified atom stereocenters. The average molecular weight is 378 g/mol. The average Bonchev–Trinajstić information content (AvgIpc) is 2.61. The third kappa shape index (κ3) is 5.84. The number of carbonyl (C=O) groups is 2. The summed E-state index contributed by atoms with van der Waals surface area (Å²) in [6, 6.07) is 12.0. The largest absolute Gasteiger partial charge is 0.416 e. The Labute approximate surface area is 156 Å². The molecule has 0 spiro atoms. The summed E-state index contributed by atoms with van der Waals surface area (Å²) >= 11 is 0. The van der Waals surface area contributed by atoms with E-state index in [1.807, 2.05) is 19.1 Å². The van der Waals surface area contributed by atoms with Gasteiger partial charge in [-0.25, -0.2) is 0 Å². The first-order valence-corrected chi connectivity index (χ1v) is 8.48. The molecule has 2 amide bonds. The number of hydrogen-bond acceptors (Lipinski definition) is 2. The van der Waals surface area contributed by atoms with Crippen molar-refractivity contribution in [3.8, 4) is 0 Å². The maximum absolute atomic E-state index is 12.8. The normalized spacial score (nSPS) is 11.1. The van der Waals surface area contributed by atoms with Crippen LogP contribution in [0.2, 0.25) is 0 Å². The summed E-state index contributed by atoms with van der Waals surface area (Å²) in [6.07, 6.45) is -3.92. The number of anilines is 1. The van der Waals surface area contributed by atoms with E-state index in [0.29, 0.717) is 5.69 Å². The number of nitrogens with zero attached hydrogens (tertiary/aromatic N) is 1. The molecule has 0 saturated heterocycles. The van der Waals surface area contributed by atoms with Gasteiger partial charge in [-0.05, 0) is 29.7 Å².